The van der Waals surface area contributed by atoms with Gasteiger partial charge in [0.2, 0.25) is 0 Å². The van der Waals surface area contributed by atoms with E-state index in [9.17, 15) is 13.6 Å². The second-order valence-electron chi connectivity index (χ2n) is 5.20. The number of halogens is 2. The highest BCUT2D eigenvalue weighted by Crippen LogP contribution is 2.29. The van der Waals surface area contributed by atoms with Gasteiger partial charge in [0.05, 0.1) is 23.7 Å². The molecule has 0 N–H and O–H groups in total. The summed E-state index contributed by atoms with van der Waals surface area (Å²) in [6, 6.07) is 9.18. The van der Waals surface area contributed by atoms with Gasteiger partial charge >= 0.3 is 12.6 Å². The summed E-state index contributed by atoms with van der Waals surface area (Å²) in [5.74, 6) is -0.505. The lowest BCUT2D eigenvalue weighted by Gasteiger charge is -2.11. The van der Waals surface area contributed by atoms with Crippen molar-refractivity contribution in [1.29, 1.82) is 0 Å². The second kappa shape index (κ2) is 7.73. The van der Waals surface area contributed by atoms with Crippen LogP contribution in [-0.2, 0) is 11.3 Å². The van der Waals surface area contributed by atoms with Crippen LogP contribution in [0.15, 0.2) is 48.8 Å². The number of carbonyl (C=O) groups excluding carboxylic acids is 1. The minimum atomic E-state index is -2.96. The van der Waals surface area contributed by atoms with Crippen LogP contribution in [0.1, 0.15) is 15.9 Å². The van der Waals surface area contributed by atoms with Crippen molar-refractivity contribution in [2.45, 2.75) is 13.2 Å². The van der Waals surface area contributed by atoms with Crippen LogP contribution in [-0.4, -0.2) is 29.7 Å². The van der Waals surface area contributed by atoms with E-state index in [0.717, 1.165) is 0 Å². The summed E-state index contributed by atoms with van der Waals surface area (Å²) in [5.41, 5.74) is 2.15. The van der Waals surface area contributed by atoms with Crippen molar-refractivity contribution in [3.05, 3.63) is 59.9 Å². The summed E-state index contributed by atoms with van der Waals surface area (Å²) in [5, 5.41) is 0. The summed E-state index contributed by atoms with van der Waals surface area (Å²) in [7, 11) is 1.33. The van der Waals surface area contributed by atoms with Crippen LogP contribution in [0.5, 0.6) is 11.5 Å². The number of rotatable bonds is 6. The van der Waals surface area contributed by atoms with Crippen LogP contribution < -0.4 is 9.47 Å². The van der Waals surface area contributed by atoms with E-state index < -0.39 is 12.6 Å². The number of benzene rings is 2. The van der Waals surface area contributed by atoms with Gasteiger partial charge in [0, 0.05) is 12.4 Å². The van der Waals surface area contributed by atoms with Crippen LogP contribution in [0.25, 0.3) is 11.0 Å². The highest BCUT2D eigenvalue weighted by molar-refractivity contribution is 5.93. The van der Waals surface area contributed by atoms with Gasteiger partial charge in [-0.3, -0.25) is 9.97 Å². The molecular formula is C18H14F2N2O4. The van der Waals surface area contributed by atoms with Crippen LogP contribution in [0.2, 0.25) is 0 Å². The smallest absolute Gasteiger partial charge is 0.387 e. The minimum absolute atomic E-state index is 0.0529. The largest absolute Gasteiger partial charge is 0.493 e. The van der Waals surface area contributed by atoms with E-state index in [4.69, 9.17) is 9.47 Å². The van der Waals surface area contributed by atoms with E-state index in [0.29, 0.717) is 22.2 Å². The van der Waals surface area contributed by atoms with Gasteiger partial charge in [0.1, 0.15) is 6.61 Å². The summed E-state index contributed by atoms with van der Waals surface area (Å²) in [6.07, 6.45) is 3.10. The highest BCUT2D eigenvalue weighted by atomic mass is 19.3. The molecule has 1 aromatic heterocycles. The third-order valence-electron chi connectivity index (χ3n) is 3.52. The van der Waals surface area contributed by atoms with E-state index in [2.05, 4.69) is 14.7 Å². The molecule has 0 aliphatic carbocycles. The van der Waals surface area contributed by atoms with Crippen LogP contribution >= 0.6 is 0 Å². The lowest BCUT2D eigenvalue weighted by Crippen LogP contribution is -2.06. The Balaban J connectivity index is 1.70. The number of hydrogen-bond acceptors (Lipinski definition) is 6. The molecule has 0 radical (unpaired) electrons. The number of ether oxygens (including phenoxy) is 3. The molecule has 0 aliphatic heterocycles. The molecule has 3 rings (SSSR count). The van der Waals surface area contributed by atoms with E-state index in [-0.39, 0.29) is 18.1 Å². The van der Waals surface area contributed by atoms with Gasteiger partial charge in [-0.2, -0.15) is 8.78 Å². The summed E-state index contributed by atoms with van der Waals surface area (Å²) >= 11 is 0. The van der Waals surface area contributed by atoms with Gasteiger partial charge in [-0.25, -0.2) is 4.79 Å². The first-order valence-corrected chi connectivity index (χ1v) is 7.56. The van der Waals surface area contributed by atoms with Gasteiger partial charge in [0.15, 0.2) is 11.5 Å². The number of methoxy groups -OCH3 is 1. The molecule has 0 saturated carbocycles. The number of carbonyl (C=O) groups is 1. The molecule has 3 aromatic rings. The van der Waals surface area contributed by atoms with E-state index in [1.807, 2.05) is 0 Å². The van der Waals surface area contributed by atoms with Crippen molar-refractivity contribution in [2.24, 2.45) is 0 Å². The Kier molecular flexibility index (Phi) is 5.21. The first kappa shape index (κ1) is 17.5. The molecule has 0 unspecified atom stereocenters. The molecule has 134 valence electrons. The predicted octanol–water partition coefficient (Wildman–Crippen LogP) is 3.60. The normalized spacial score (nSPS) is 10.8. The summed E-state index contributed by atoms with van der Waals surface area (Å²) in [4.78, 5) is 20.5. The Bertz CT molecular complexity index is 934. The standard InChI is InChI=1S/C18H14F2N2O4/c1-24-16-8-11(2-5-15(16)26-18(19)20)10-25-17(23)12-3-4-13-14(9-12)22-7-6-21-13/h2-9,18H,10H2,1H3. The van der Waals surface area contributed by atoms with Crippen molar-refractivity contribution in [2.75, 3.05) is 7.11 Å². The zero-order valence-electron chi connectivity index (χ0n) is 13.7. The third-order valence-corrected chi connectivity index (χ3v) is 3.52. The molecule has 0 fully saturated rings. The fourth-order valence-electron chi connectivity index (χ4n) is 2.32. The fourth-order valence-corrected chi connectivity index (χ4v) is 2.32. The first-order valence-electron chi connectivity index (χ1n) is 7.56. The molecule has 0 bridgehead atoms. The van der Waals surface area contributed by atoms with Crippen molar-refractivity contribution in [1.82, 2.24) is 9.97 Å². The van der Waals surface area contributed by atoms with E-state index in [1.165, 1.54) is 31.5 Å². The van der Waals surface area contributed by atoms with Gasteiger partial charge in [-0.15, -0.1) is 0 Å². The Hall–Kier alpha value is -3.29. The molecular weight excluding hydrogens is 346 g/mol. The first-order chi connectivity index (χ1) is 12.6. The van der Waals surface area contributed by atoms with Crippen molar-refractivity contribution < 1.29 is 27.8 Å². The predicted molar refractivity (Wildman–Crippen MR) is 88.3 cm³/mol. The van der Waals surface area contributed by atoms with Crippen molar-refractivity contribution in [3.63, 3.8) is 0 Å². The number of esters is 1. The molecule has 26 heavy (non-hydrogen) atoms. The topological polar surface area (TPSA) is 70.5 Å². The zero-order chi connectivity index (χ0) is 18.5. The molecule has 2 aromatic carbocycles. The zero-order valence-corrected chi connectivity index (χ0v) is 13.7. The second-order valence-corrected chi connectivity index (χ2v) is 5.20. The van der Waals surface area contributed by atoms with Crippen LogP contribution in [0.3, 0.4) is 0 Å². The maximum Gasteiger partial charge on any atom is 0.387 e. The number of aromatic nitrogens is 2. The van der Waals surface area contributed by atoms with Crippen LogP contribution in [0, 0.1) is 0 Å². The van der Waals surface area contributed by atoms with Gasteiger partial charge < -0.3 is 14.2 Å². The Labute approximate surface area is 147 Å². The lowest BCUT2D eigenvalue weighted by molar-refractivity contribution is -0.0512. The maximum absolute atomic E-state index is 12.3. The summed E-state index contributed by atoms with van der Waals surface area (Å²) < 4.78 is 39.3. The summed E-state index contributed by atoms with van der Waals surface area (Å²) in [6.45, 7) is -3.01. The lowest BCUT2D eigenvalue weighted by atomic mass is 10.2. The molecule has 0 atom stereocenters. The number of alkyl halides is 2. The SMILES string of the molecule is COc1cc(COC(=O)c2ccc3nccnc3c2)ccc1OC(F)F. The van der Waals surface area contributed by atoms with Gasteiger partial charge in [0.25, 0.3) is 0 Å². The maximum atomic E-state index is 12.3. The third kappa shape index (κ3) is 4.02. The number of fused-ring (bicyclic) bond motifs is 1. The Morgan fingerprint density at radius 3 is 2.54 bits per heavy atom. The Morgan fingerprint density at radius 1 is 1.04 bits per heavy atom. The molecule has 0 saturated heterocycles. The molecule has 8 heteroatoms. The molecule has 0 spiro atoms. The average Bonchev–Trinajstić information content (AvgIpc) is 2.66. The van der Waals surface area contributed by atoms with Gasteiger partial charge in [-0.05, 0) is 35.9 Å². The average molecular weight is 360 g/mol. The van der Waals surface area contributed by atoms with Crippen LogP contribution in [0.4, 0.5) is 8.78 Å². The van der Waals surface area contributed by atoms with E-state index in [1.54, 1.807) is 24.4 Å². The number of hydrogen-bond donors (Lipinski definition) is 0. The fraction of sp³-hybridized carbons (Fsp3) is 0.167. The molecule has 6 nitrogen and oxygen atoms in total. The molecule has 0 aliphatic rings. The number of nitrogens with zero attached hydrogens (tertiary/aromatic N) is 2. The van der Waals surface area contributed by atoms with Crippen molar-refractivity contribution in [3.8, 4) is 11.5 Å². The minimum Gasteiger partial charge on any atom is -0.493 e. The molecule has 0 amide bonds. The van der Waals surface area contributed by atoms with E-state index >= 15 is 0 Å². The quantitative estimate of drug-likeness (QED) is 0.626. The highest BCUT2D eigenvalue weighted by Gasteiger charge is 2.13. The molecule has 1 heterocycles. The Morgan fingerprint density at radius 2 is 1.81 bits per heavy atom. The van der Waals surface area contributed by atoms with Gasteiger partial charge in [-0.1, -0.05) is 6.07 Å². The monoisotopic (exact) mass is 360 g/mol. The van der Waals surface area contributed by atoms with Crippen molar-refractivity contribution >= 4 is 17.0 Å².